The Kier molecular flexibility index (Phi) is 6.77. The van der Waals surface area contributed by atoms with Crippen LogP contribution < -0.4 is 10.6 Å². The van der Waals surface area contributed by atoms with Crippen molar-refractivity contribution in [3.63, 3.8) is 0 Å². The Bertz CT molecular complexity index is 319. The number of carbonyl (C=O) groups excluding carboxylic acids is 2. The van der Waals surface area contributed by atoms with Crippen molar-refractivity contribution < 1.29 is 24.2 Å². The first-order valence-electron chi connectivity index (χ1n) is 5.80. The molecule has 0 aliphatic heterocycles. The van der Waals surface area contributed by atoms with E-state index in [4.69, 9.17) is 5.11 Å². The molecule has 0 aromatic heterocycles. The fourth-order valence-corrected chi connectivity index (χ4v) is 1.38. The lowest BCUT2D eigenvalue weighted by Gasteiger charge is -2.25. The Balaban J connectivity index is 4.27. The molecular weight excluding hydrogens is 240 g/mol. The van der Waals surface area contributed by atoms with Crippen molar-refractivity contribution in [1.29, 1.82) is 0 Å². The topological polar surface area (TPSA) is 105 Å². The van der Waals surface area contributed by atoms with Crippen molar-refractivity contribution in [2.75, 3.05) is 13.2 Å². The van der Waals surface area contributed by atoms with Crippen LogP contribution in [0.25, 0.3) is 0 Å². The Morgan fingerprint density at radius 2 is 1.89 bits per heavy atom. The predicted molar refractivity (Wildman–Crippen MR) is 64.1 cm³/mol. The van der Waals surface area contributed by atoms with E-state index in [0.717, 1.165) is 0 Å². The van der Waals surface area contributed by atoms with Crippen LogP contribution in [0.15, 0.2) is 0 Å². The van der Waals surface area contributed by atoms with Gasteiger partial charge in [0.2, 0.25) is 0 Å². The third-order valence-corrected chi connectivity index (χ3v) is 2.31. The standard InChI is InChI=1S/C11H20N2O5/c1-4-6-11(3,9(15)16)13-10(17)12-7-8(14)18-5-2/h4-7H2,1-3H3,(H,15,16)(H2,12,13,17). The zero-order chi connectivity index (χ0) is 14.2. The molecule has 7 heteroatoms. The Labute approximate surface area is 106 Å². The van der Waals surface area contributed by atoms with Crippen LogP contribution in [0.4, 0.5) is 4.79 Å². The van der Waals surface area contributed by atoms with Crippen molar-refractivity contribution in [2.45, 2.75) is 39.2 Å². The van der Waals surface area contributed by atoms with Gasteiger partial charge in [0.05, 0.1) is 6.61 Å². The van der Waals surface area contributed by atoms with Gasteiger partial charge in [0, 0.05) is 0 Å². The van der Waals surface area contributed by atoms with Gasteiger partial charge in [-0.05, 0) is 20.3 Å². The van der Waals surface area contributed by atoms with Gasteiger partial charge in [0.1, 0.15) is 12.1 Å². The minimum Gasteiger partial charge on any atom is -0.480 e. The molecule has 0 saturated heterocycles. The lowest BCUT2D eigenvalue weighted by molar-refractivity contribution is -0.144. The number of carbonyl (C=O) groups is 3. The van der Waals surface area contributed by atoms with Crippen LogP contribution in [0.1, 0.15) is 33.6 Å². The zero-order valence-corrected chi connectivity index (χ0v) is 10.9. The number of hydrogen-bond donors (Lipinski definition) is 3. The van der Waals surface area contributed by atoms with Gasteiger partial charge in [0.15, 0.2) is 0 Å². The summed E-state index contributed by atoms with van der Waals surface area (Å²) in [5.41, 5.74) is -1.34. The number of aliphatic carboxylic acids is 1. The molecule has 3 N–H and O–H groups in total. The van der Waals surface area contributed by atoms with Crippen LogP contribution in [0.5, 0.6) is 0 Å². The second-order valence-corrected chi connectivity index (χ2v) is 4.00. The number of rotatable bonds is 7. The molecule has 0 spiro atoms. The first-order chi connectivity index (χ1) is 8.35. The lowest BCUT2D eigenvalue weighted by atomic mass is 9.97. The molecule has 0 radical (unpaired) electrons. The summed E-state index contributed by atoms with van der Waals surface area (Å²) in [4.78, 5) is 33.5. The van der Waals surface area contributed by atoms with Gasteiger partial charge in [-0.1, -0.05) is 13.3 Å². The smallest absolute Gasteiger partial charge is 0.329 e. The van der Waals surface area contributed by atoms with E-state index in [1.54, 1.807) is 6.92 Å². The summed E-state index contributed by atoms with van der Waals surface area (Å²) in [5.74, 6) is -1.68. The van der Waals surface area contributed by atoms with Crippen LogP contribution >= 0.6 is 0 Å². The molecule has 1 unspecified atom stereocenters. The van der Waals surface area contributed by atoms with Crippen molar-refractivity contribution >= 4 is 18.0 Å². The fraction of sp³-hybridized carbons (Fsp3) is 0.727. The van der Waals surface area contributed by atoms with Crippen molar-refractivity contribution in [2.24, 2.45) is 0 Å². The van der Waals surface area contributed by atoms with Gasteiger partial charge in [0.25, 0.3) is 0 Å². The van der Waals surface area contributed by atoms with E-state index in [0.29, 0.717) is 12.8 Å². The molecule has 0 aromatic carbocycles. The molecule has 0 bridgehead atoms. The quantitative estimate of drug-likeness (QED) is 0.578. The van der Waals surface area contributed by atoms with Crippen LogP contribution in [0.2, 0.25) is 0 Å². The fourth-order valence-electron chi connectivity index (χ4n) is 1.38. The first kappa shape index (κ1) is 16.2. The van der Waals surface area contributed by atoms with Gasteiger partial charge >= 0.3 is 18.0 Å². The summed E-state index contributed by atoms with van der Waals surface area (Å²) >= 11 is 0. The highest BCUT2D eigenvalue weighted by Crippen LogP contribution is 2.12. The summed E-state index contributed by atoms with van der Waals surface area (Å²) in [6.07, 6.45) is 0.913. The molecular formula is C11H20N2O5. The molecule has 2 amide bonds. The number of carboxylic acid groups (broad SMARTS) is 1. The third-order valence-electron chi connectivity index (χ3n) is 2.31. The molecule has 104 valence electrons. The number of urea groups is 1. The highest BCUT2D eigenvalue weighted by Gasteiger charge is 2.33. The number of hydrogen-bond acceptors (Lipinski definition) is 4. The number of nitrogens with one attached hydrogen (secondary N) is 2. The van der Waals surface area contributed by atoms with E-state index < -0.39 is 23.5 Å². The van der Waals surface area contributed by atoms with E-state index >= 15 is 0 Å². The molecule has 1 atom stereocenters. The molecule has 0 aromatic rings. The maximum atomic E-state index is 11.5. The summed E-state index contributed by atoms with van der Waals surface area (Å²) in [6, 6.07) is -0.707. The molecule has 0 aliphatic carbocycles. The number of ether oxygens (including phenoxy) is 1. The molecule has 18 heavy (non-hydrogen) atoms. The minimum atomic E-state index is -1.34. The maximum Gasteiger partial charge on any atom is 0.329 e. The summed E-state index contributed by atoms with van der Waals surface area (Å²) in [6.45, 7) is 4.83. The molecule has 0 rings (SSSR count). The lowest BCUT2D eigenvalue weighted by Crippen LogP contribution is -2.55. The third kappa shape index (κ3) is 5.51. The molecule has 7 nitrogen and oxygen atoms in total. The first-order valence-corrected chi connectivity index (χ1v) is 5.80. The van der Waals surface area contributed by atoms with Gasteiger partial charge in [-0.25, -0.2) is 9.59 Å². The largest absolute Gasteiger partial charge is 0.480 e. The second kappa shape index (κ2) is 7.52. The van der Waals surface area contributed by atoms with Gasteiger partial charge in [-0.3, -0.25) is 4.79 Å². The van der Waals surface area contributed by atoms with Crippen molar-refractivity contribution in [1.82, 2.24) is 10.6 Å². The molecule has 0 aliphatic rings. The second-order valence-electron chi connectivity index (χ2n) is 4.00. The van der Waals surface area contributed by atoms with E-state index in [-0.39, 0.29) is 13.2 Å². The summed E-state index contributed by atoms with van der Waals surface area (Å²) in [5, 5.41) is 13.6. The number of esters is 1. The van der Waals surface area contributed by atoms with E-state index in [1.165, 1.54) is 6.92 Å². The van der Waals surface area contributed by atoms with Crippen LogP contribution in [-0.4, -0.2) is 41.8 Å². The van der Waals surface area contributed by atoms with Crippen LogP contribution in [-0.2, 0) is 14.3 Å². The highest BCUT2D eigenvalue weighted by atomic mass is 16.5. The van der Waals surface area contributed by atoms with E-state index in [9.17, 15) is 14.4 Å². The Morgan fingerprint density at radius 1 is 1.28 bits per heavy atom. The maximum absolute atomic E-state index is 11.5. The van der Waals surface area contributed by atoms with Gasteiger partial charge in [-0.15, -0.1) is 0 Å². The van der Waals surface area contributed by atoms with Crippen LogP contribution in [0, 0.1) is 0 Å². The van der Waals surface area contributed by atoms with Gasteiger partial charge < -0.3 is 20.5 Å². The monoisotopic (exact) mass is 260 g/mol. The molecule has 0 heterocycles. The van der Waals surface area contributed by atoms with Crippen molar-refractivity contribution in [3.05, 3.63) is 0 Å². The van der Waals surface area contributed by atoms with Gasteiger partial charge in [-0.2, -0.15) is 0 Å². The summed E-state index contributed by atoms with van der Waals surface area (Å²) < 4.78 is 4.62. The zero-order valence-electron chi connectivity index (χ0n) is 10.9. The van der Waals surface area contributed by atoms with E-state index in [2.05, 4.69) is 15.4 Å². The average molecular weight is 260 g/mol. The van der Waals surface area contributed by atoms with Crippen molar-refractivity contribution in [3.8, 4) is 0 Å². The molecule has 0 fully saturated rings. The highest BCUT2D eigenvalue weighted by molar-refractivity contribution is 5.87. The average Bonchev–Trinajstić information content (AvgIpc) is 2.27. The predicted octanol–water partition coefficient (Wildman–Crippen LogP) is 0.492. The van der Waals surface area contributed by atoms with E-state index in [1.807, 2.05) is 6.92 Å². The Morgan fingerprint density at radius 3 is 2.33 bits per heavy atom. The Hall–Kier alpha value is -1.79. The number of amides is 2. The molecule has 0 saturated carbocycles. The SMILES string of the molecule is CCCC(C)(NC(=O)NCC(=O)OCC)C(=O)O. The normalized spacial score (nSPS) is 13.3. The van der Waals surface area contributed by atoms with Crippen LogP contribution in [0.3, 0.4) is 0 Å². The minimum absolute atomic E-state index is 0.227. The number of carboxylic acids is 1. The summed E-state index contributed by atoms with van der Waals surface area (Å²) in [7, 11) is 0.